The Morgan fingerprint density at radius 1 is 0.912 bits per heavy atom. The predicted octanol–water partition coefficient (Wildman–Crippen LogP) is 5.75. The van der Waals surface area contributed by atoms with Crippen LogP contribution in [0.3, 0.4) is 0 Å². The summed E-state index contributed by atoms with van der Waals surface area (Å²) in [7, 11) is 0. The minimum Gasteiger partial charge on any atom is -0.352 e. The number of amides is 2. The lowest BCUT2D eigenvalue weighted by Crippen LogP contribution is -2.52. The van der Waals surface area contributed by atoms with Crippen LogP contribution in [-0.4, -0.2) is 28.8 Å². The van der Waals surface area contributed by atoms with E-state index in [9.17, 15) is 9.59 Å². The second-order valence-electron chi connectivity index (χ2n) is 8.84. The standard InChI is InChI=1S/C29H33ClN2O2/c1-4-22(3)31-29(34)27(18-23-9-6-5-7-10-23)32(20-25-11-8-12-26(30)17-25)28(33)19-24-15-13-21(2)14-16-24/h5-17,22,27H,4,18-20H2,1-3H3,(H,31,34)/t22-,27+/m1/s1. The summed E-state index contributed by atoms with van der Waals surface area (Å²) in [5.41, 5.74) is 3.96. The zero-order valence-corrected chi connectivity index (χ0v) is 20.9. The smallest absolute Gasteiger partial charge is 0.243 e. The molecule has 0 bridgehead atoms. The van der Waals surface area contributed by atoms with Gasteiger partial charge in [-0.2, -0.15) is 0 Å². The minimum absolute atomic E-state index is 0.0194. The molecule has 0 aromatic heterocycles. The van der Waals surface area contributed by atoms with Crippen molar-refractivity contribution in [3.05, 3.63) is 106 Å². The van der Waals surface area contributed by atoms with Crippen LogP contribution in [0, 0.1) is 6.92 Å². The van der Waals surface area contributed by atoms with E-state index in [4.69, 9.17) is 11.6 Å². The Hall–Kier alpha value is -3.11. The maximum atomic E-state index is 13.7. The fraction of sp³-hybridized carbons (Fsp3) is 0.310. The molecular formula is C29H33ClN2O2. The van der Waals surface area contributed by atoms with Gasteiger partial charge in [0, 0.05) is 24.0 Å². The number of halogens is 1. The maximum Gasteiger partial charge on any atom is 0.243 e. The van der Waals surface area contributed by atoms with Crippen molar-refractivity contribution in [2.24, 2.45) is 0 Å². The molecule has 0 fully saturated rings. The third-order valence-corrected chi connectivity index (χ3v) is 6.23. The van der Waals surface area contributed by atoms with E-state index in [1.54, 1.807) is 11.0 Å². The van der Waals surface area contributed by atoms with Gasteiger partial charge in [-0.3, -0.25) is 9.59 Å². The van der Waals surface area contributed by atoms with Gasteiger partial charge in [0.15, 0.2) is 0 Å². The first-order chi connectivity index (χ1) is 16.4. The number of carbonyl (C=O) groups excluding carboxylic acids is 2. The molecule has 34 heavy (non-hydrogen) atoms. The maximum absolute atomic E-state index is 13.7. The van der Waals surface area contributed by atoms with Gasteiger partial charge >= 0.3 is 0 Å². The molecule has 0 unspecified atom stereocenters. The normalized spacial score (nSPS) is 12.6. The Morgan fingerprint density at radius 2 is 1.59 bits per heavy atom. The molecule has 0 spiro atoms. The number of hydrogen-bond donors (Lipinski definition) is 1. The van der Waals surface area contributed by atoms with Crippen molar-refractivity contribution in [2.75, 3.05) is 0 Å². The molecule has 3 aromatic rings. The van der Waals surface area contributed by atoms with Gasteiger partial charge < -0.3 is 10.2 Å². The third kappa shape index (κ3) is 7.46. The monoisotopic (exact) mass is 476 g/mol. The van der Waals surface area contributed by atoms with E-state index < -0.39 is 6.04 Å². The number of hydrogen-bond acceptors (Lipinski definition) is 2. The molecule has 0 aliphatic heterocycles. The number of nitrogens with one attached hydrogen (secondary N) is 1. The molecule has 0 heterocycles. The van der Waals surface area contributed by atoms with Crippen LogP contribution in [0.5, 0.6) is 0 Å². The van der Waals surface area contributed by atoms with Crippen LogP contribution in [0.1, 0.15) is 42.5 Å². The molecule has 0 saturated carbocycles. The van der Waals surface area contributed by atoms with Gasteiger partial charge in [0.1, 0.15) is 6.04 Å². The van der Waals surface area contributed by atoms with Gasteiger partial charge in [0.2, 0.25) is 11.8 Å². The topological polar surface area (TPSA) is 49.4 Å². The Morgan fingerprint density at radius 3 is 2.24 bits per heavy atom. The summed E-state index contributed by atoms with van der Waals surface area (Å²) < 4.78 is 0. The van der Waals surface area contributed by atoms with Crippen LogP contribution >= 0.6 is 11.6 Å². The first kappa shape index (κ1) is 25.5. The minimum atomic E-state index is -0.645. The largest absolute Gasteiger partial charge is 0.352 e. The molecule has 0 radical (unpaired) electrons. The average Bonchev–Trinajstić information content (AvgIpc) is 2.83. The SMILES string of the molecule is CC[C@@H](C)NC(=O)[C@H](Cc1ccccc1)N(Cc1cccc(Cl)c1)C(=O)Cc1ccc(C)cc1. The lowest BCUT2D eigenvalue weighted by Gasteiger charge is -2.32. The summed E-state index contributed by atoms with van der Waals surface area (Å²) in [6, 6.07) is 24.6. The van der Waals surface area contributed by atoms with Crippen molar-refractivity contribution in [3.8, 4) is 0 Å². The highest BCUT2D eigenvalue weighted by molar-refractivity contribution is 6.30. The number of rotatable bonds is 10. The molecule has 178 valence electrons. The second kappa shape index (κ2) is 12.4. The first-order valence-electron chi connectivity index (χ1n) is 11.8. The van der Waals surface area contributed by atoms with E-state index in [1.165, 1.54) is 0 Å². The van der Waals surface area contributed by atoms with Crippen molar-refractivity contribution in [2.45, 2.75) is 58.7 Å². The zero-order chi connectivity index (χ0) is 24.5. The van der Waals surface area contributed by atoms with E-state index in [0.717, 1.165) is 28.7 Å². The van der Waals surface area contributed by atoms with Crippen LogP contribution in [0.4, 0.5) is 0 Å². The molecule has 4 nitrogen and oxygen atoms in total. The Labute approximate surface area is 207 Å². The lowest BCUT2D eigenvalue weighted by atomic mass is 10.0. The van der Waals surface area contributed by atoms with Gasteiger partial charge in [-0.25, -0.2) is 0 Å². The van der Waals surface area contributed by atoms with Crippen LogP contribution < -0.4 is 5.32 Å². The van der Waals surface area contributed by atoms with Crippen LogP contribution in [0.15, 0.2) is 78.9 Å². The van der Waals surface area contributed by atoms with Crippen molar-refractivity contribution >= 4 is 23.4 Å². The summed E-state index contributed by atoms with van der Waals surface area (Å²) in [6.07, 6.45) is 1.47. The Balaban J connectivity index is 1.96. The van der Waals surface area contributed by atoms with E-state index in [2.05, 4.69) is 5.32 Å². The van der Waals surface area contributed by atoms with E-state index >= 15 is 0 Å². The summed E-state index contributed by atoms with van der Waals surface area (Å²) in [6.45, 7) is 6.33. The highest BCUT2D eigenvalue weighted by atomic mass is 35.5. The van der Waals surface area contributed by atoms with E-state index in [1.807, 2.05) is 93.6 Å². The molecule has 2 amide bonds. The summed E-state index contributed by atoms with van der Waals surface area (Å²) in [4.78, 5) is 28.9. The predicted molar refractivity (Wildman–Crippen MR) is 139 cm³/mol. The van der Waals surface area contributed by atoms with Crippen LogP contribution in [0.25, 0.3) is 0 Å². The lowest BCUT2D eigenvalue weighted by molar-refractivity contribution is -0.141. The molecule has 0 aliphatic rings. The van der Waals surface area contributed by atoms with Gasteiger partial charge in [-0.15, -0.1) is 0 Å². The van der Waals surface area contributed by atoms with Gasteiger partial charge in [0.25, 0.3) is 0 Å². The number of aryl methyl sites for hydroxylation is 1. The third-order valence-electron chi connectivity index (χ3n) is 5.99. The first-order valence-corrected chi connectivity index (χ1v) is 12.2. The Bertz CT molecular complexity index is 1080. The summed E-state index contributed by atoms with van der Waals surface area (Å²) in [5, 5.41) is 3.70. The fourth-order valence-electron chi connectivity index (χ4n) is 3.81. The number of benzene rings is 3. The van der Waals surface area contributed by atoms with Crippen molar-refractivity contribution in [1.82, 2.24) is 10.2 Å². The van der Waals surface area contributed by atoms with Crippen LogP contribution in [-0.2, 0) is 29.0 Å². The highest BCUT2D eigenvalue weighted by Gasteiger charge is 2.31. The van der Waals surface area contributed by atoms with Crippen molar-refractivity contribution in [1.29, 1.82) is 0 Å². The molecule has 1 N–H and O–H groups in total. The molecule has 2 atom stereocenters. The fourth-order valence-corrected chi connectivity index (χ4v) is 4.02. The molecule has 5 heteroatoms. The molecule has 3 aromatic carbocycles. The molecule has 3 rings (SSSR count). The van der Waals surface area contributed by atoms with Crippen LogP contribution in [0.2, 0.25) is 5.02 Å². The molecule has 0 aliphatic carbocycles. The number of carbonyl (C=O) groups is 2. The molecular weight excluding hydrogens is 444 g/mol. The summed E-state index contributed by atoms with van der Waals surface area (Å²) >= 11 is 6.23. The quantitative estimate of drug-likeness (QED) is 0.405. The van der Waals surface area contributed by atoms with Gasteiger partial charge in [-0.1, -0.05) is 90.8 Å². The van der Waals surface area contributed by atoms with E-state index in [-0.39, 0.29) is 24.3 Å². The average molecular weight is 477 g/mol. The van der Waals surface area contributed by atoms with Crippen molar-refractivity contribution in [3.63, 3.8) is 0 Å². The Kier molecular flexibility index (Phi) is 9.29. The van der Waals surface area contributed by atoms with E-state index in [0.29, 0.717) is 18.0 Å². The second-order valence-corrected chi connectivity index (χ2v) is 9.27. The number of nitrogens with zero attached hydrogens (tertiary/aromatic N) is 1. The molecule has 0 saturated heterocycles. The zero-order valence-electron chi connectivity index (χ0n) is 20.1. The highest BCUT2D eigenvalue weighted by Crippen LogP contribution is 2.19. The summed E-state index contributed by atoms with van der Waals surface area (Å²) in [5.74, 6) is -0.235. The van der Waals surface area contributed by atoms with Gasteiger partial charge in [-0.05, 0) is 49.1 Å². The van der Waals surface area contributed by atoms with Crippen molar-refractivity contribution < 1.29 is 9.59 Å². The van der Waals surface area contributed by atoms with Gasteiger partial charge in [0.05, 0.1) is 6.42 Å².